The van der Waals surface area contributed by atoms with E-state index in [1.54, 1.807) is 0 Å². The van der Waals surface area contributed by atoms with Crippen LogP contribution in [0.3, 0.4) is 0 Å². The van der Waals surface area contributed by atoms with Crippen molar-refractivity contribution in [1.82, 2.24) is 9.80 Å². The molecule has 0 bridgehead atoms. The second-order valence-electron chi connectivity index (χ2n) is 8.19. The van der Waals surface area contributed by atoms with Gasteiger partial charge in [0.2, 0.25) is 0 Å². The minimum atomic E-state index is 0.210. The normalized spacial score (nSPS) is 26.6. The van der Waals surface area contributed by atoms with Crippen LogP contribution in [0.25, 0.3) is 0 Å². The van der Waals surface area contributed by atoms with E-state index < -0.39 is 0 Å². The third kappa shape index (κ3) is 3.12. The molecule has 0 aromatic heterocycles. The summed E-state index contributed by atoms with van der Waals surface area (Å²) < 4.78 is 0. The van der Waals surface area contributed by atoms with E-state index in [1.165, 1.54) is 16.7 Å². The van der Waals surface area contributed by atoms with Gasteiger partial charge in [-0.25, -0.2) is 0 Å². The van der Waals surface area contributed by atoms with Crippen LogP contribution in [0.4, 0.5) is 0 Å². The van der Waals surface area contributed by atoms with E-state index in [2.05, 4.69) is 73.2 Å². The SMILES string of the molecule is CN1CCN(C2C[C@@H](c3ccccc3)c3ccc(Cl)cc32)CC1(C)C. The molecule has 0 radical (unpaired) electrons. The first-order valence-electron chi connectivity index (χ1n) is 9.25. The molecule has 0 saturated carbocycles. The summed E-state index contributed by atoms with van der Waals surface area (Å²) in [5.74, 6) is 0.473. The van der Waals surface area contributed by atoms with Crippen molar-refractivity contribution in [2.24, 2.45) is 0 Å². The fourth-order valence-electron chi connectivity index (χ4n) is 4.52. The maximum atomic E-state index is 6.37. The van der Waals surface area contributed by atoms with Gasteiger partial charge in [0.05, 0.1) is 0 Å². The Morgan fingerprint density at radius 2 is 1.76 bits per heavy atom. The number of hydrogen-bond acceptors (Lipinski definition) is 2. The molecule has 25 heavy (non-hydrogen) atoms. The fourth-order valence-corrected chi connectivity index (χ4v) is 4.70. The van der Waals surface area contributed by atoms with Gasteiger partial charge in [-0.15, -0.1) is 0 Å². The van der Waals surface area contributed by atoms with Crippen LogP contribution >= 0.6 is 11.6 Å². The largest absolute Gasteiger partial charge is 0.299 e. The predicted molar refractivity (Wildman–Crippen MR) is 105 cm³/mol. The highest BCUT2D eigenvalue weighted by Crippen LogP contribution is 2.48. The lowest BCUT2D eigenvalue weighted by atomic mass is 9.93. The molecule has 2 nitrogen and oxygen atoms in total. The van der Waals surface area contributed by atoms with Crippen LogP contribution in [0.15, 0.2) is 48.5 Å². The standard InChI is InChI=1S/C22H27ClN2/c1-22(2)15-25(12-11-24(22)3)21-14-19(16-7-5-4-6-8-16)18-10-9-17(23)13-20(18)21/h4-10,13,19,21H,11-12,14-15H2,1-3H3/t19-,21?/m0/s1. The third-order valence-electron chi connectivity index (χ3n) is 6.23. The van der Waals surface area contributed by atoms with Crippen molar-refractivity contribution in [1.29, 1.82) is 0 Å². The molecule has 1 unspecified atom stereocenters. The Labute approximate surface area is 156 Å². The second kappa shape index (κ2) is 6.42. The van der Waals surface area contributed by atoms with E-state index in [-0.39, 0.29) is 5.54 Å². The minimum absolute atomic E-state index is 0.210. The number of likely N-dealkylation sites (N-methyl/N-ethyl adjacent to an activating group) is 1. The number of halogens is 1. The van der Waals surface area contributed by atoms with Crippen LogP contribution in [0, 0.1) is 0 Å². The summed E-state index contributed by atoms with van der Waals surface area (Å²) >= 11 is 6.37. The molecule has 2 atom stereocenters. The molecule has 132 valence electrons. The van der Waals surface area contributed by atoms with Crippen molar-refractivity contribution < 1.29 is 0 Å². The van der Waals surface area contributed by atoms with Crippen molar-refractivity contribution in [3.05, 3.63) is 70.2 Å². The smallest absolute Gasteiger partial charge is 0.0409 e. The zero-order valence-corrected chi connectivity index (χ0v) is 16.1. The molecule has 4 rings (SSSR count). The minimum Gasteiger partial charge on any atom is -0.299 e. The quantitative estimate of drug-likeness (QED) is 0.753. The van der Waals surface area contributed by atoms with Gasteiger partial charge in [0.1, 0.15) is 0 Å². The molecule has 1 saturated heterocycles. The van der Waals surface area contributed by atoms with Gasteiger partial charge >= 0.3 is 0 Å². The molecule has 1 aliphatic carbocycles. The summed E-state index contributed by atoms with van der Waals surface area (Å²) in [4.78, 5) is 5.16. The Morgan fingerprint density at radius 3 is 2.48 bits per heavy atom. The molecule has 1 fully saturated rings. The lowest BCUT2D eigenvalue weighted by Crippen LogP contribution is -2.58. The van der Waals surface area contributed by atoms with Crippen LogP contribution in [-0.2, 0) is 0 Å². The van der Waals surface area contributed by atoms with Gasteiger partial charge in [-0.1, -0.05) is 48.0 Å². The fraction of sp³-hybridized carbons (Fsp3) is 0.455. The van der Waals surface area contributed by atoms with E-state index >= 15 is 0 Å². The molecular formula is C22H27ClN2. The summed E-state index contributed by atoms with van der Waals surface area (Å²) in [6.07, 6.45) is 1.15. The lowest BCUT2D eigenvalue weighted by molar-refractivity contribution is 0.0158. The van der Waals surface area contributed by atoms with Crippen molar-refractivity contribution in [3.8, 4) is 0 Å². The maximum absolute atomic E-state index is 6.37. The molecule has 2 aliphatic rings. The molecule has 1 heterocycles. The highest BCUT2D eigenvalue weighted by Gasteiger charge is 2.40. The first-order chi connectivity index (χ1) is 12.0. The van der Waals surface area contributed by atoms with Gasteiger partial charge in [-0.05, 0) is 56.1 Å². The molecule has 3 heteroatoms. The predicted octanol–water partition coefficient (Wildman–Crippen LogP) is 4.94. The Morgan fingerprint density at radius 1 is 1.00 bits per heavy atom. The number of benzene rings is 2. The monoisotopic (exact) mass is 354 g/mol. The van der Waals surface area contributed by atoms with Crippen molar-refractivity contribution in [2.45, 2.75) is 37.8 Å². The van der Waals surface area contributed by atoms with Crippen molar-refractivity contribution >= 4 is 11.6 Å². The Balaban J connectivity index is 1.70. The summed E-state index contributed by atoms with van der Waals surface area (Å²) in [6, 6.07) is 17.9. The highest BCUT2D eigenvalue weighted by molar-refractivity contribution is 6.30. The van der Waals surface area contributed by atoms with Crippen LogP contribution in [0.1, 0.15) is 48.9 Å². The van der Waals surface area contributed by atoms with E-state index in [0.29, 0.717) is 12.0 Å². The summed E-state index contributed by atoms with van der Waals surface area (Å²) in [5, 5.41) is 0.853. The summed E-state index contributed by atoms with van der Waals surface area (Å²) in [5.41, 5.74) is 4.52. The second-order valence-corrected chi connectivity index (χ2v) is 8.63. The Hall–Kier alpha value is -1.35. The summed E-state index contributed by atoms with van der Waals surface area (Å²) in [7, 11) is 2.24. The zero-order chi connectivity index (χ0) is 17.6. The molecule has 1 aliphatic heterocycles. The van der Waals surface area contributed by atoms with Crippen LogP contribution in [-0.4, -0.2) is 42.0 Å². The van der Waals surface area contributed by atoms with Crippen LogP contribution in [0.5, 0.6) is 0 Å². The lowest BCUT2D eigenvalue weighted by Gasteiger charge is -2.47. The number of rotatable bonds is 2. The number of hydrogen-bond donors (Lipinski definition) is 0. The molecule has 2 aromatic carbocycles. The van der Waals surface area contributed by atoms with Gasteiger partial charge in [0, 0.05) is 42.2 Å². The average molecular weight is 355 g/mol. The van der Waals surface area contributed by atoms with Gasteiger partial charge in [-0.2, -0.15) is 0 Å². The highest BCUT2D eigenvalue weighted by atomic mass is 35.5. The first kappa shape index (κ1) is 17.1. The van der Waals surface area contributed by atoms with Gasteiger partial charge in [0.15, 0.2) is 0 Å². The van der Waals surface area contributed by atoms with E-state index in [9.17, 15) is 0 Å². The van der Waals surface area contributed by atoms with E-state index in [4.69, 9.17) is 11.6 Å². The zero-order valence-electron chi connectivity index (χ0n) is 15.4. The first-order valence-corrected chi connectivity index (χ1v) is 9.63. The van der Waals surface area contributed by atoms with Crippen molar-refractivity contribution in [3.63, 3.8) is 0 Å². The van der Waals surface area contributed by atoms with Crippen LogP contribution in [0.2, 0.25) is 5.02 Å². The van der Waals surface area contributed by atoms with Crippen LogP contribution < -0.4 is 0 Å². The Kier molecular flexibility index (Phi) is 4.39. The number of nitrogens with zero attached hydrogens (tertiary/aromatic N) is 2. The molecule has 2 aromatic rings. The topological polar surface area (TPSA) is 6.48 Å². The number of fused-ring (bicyclic) bond motifs is 1. The van der Waals surface area contributed by atoms with Crippen molar-refractivity contribution in [2.75, 3.05) is 26.7 Å². The third-order valence-corrected chi connectivity index (χ3v) is 6.47. The van der Waals surface area contributed by atoms with Gasteiger partial charge in [-0.3, -0.25) is 9.80 Å². The van der Waals surface area contributed by atoms with Gasteiger partial charge < -0.3 is 0 Å². The molecule has 0 spiro atoms. The maximum Gasteiger partial charge on any atom is 0.0409 e. The average Bonchev–Trinajstić information content (AvgIpc) is 2.97. The van der Waals surface area contributed by atoms with Gasteiger partial charge in [0.25, 0.3) is 0 Å². The molecule has 0 N–H and O–H groups in total. The van der Waals surface area contributed by atoms with E-state index in [0.717, 1.165) is 31.1 Å². The molecular weight excluding hydrogens is 328 g/mol. The molecule has 0 amide bonds. The number of piperazine rings is 1. The van der Waals surface area contributed by atoms with E-state index in [1.807, 2.05) is 6.07 Å². The Bertz CT molecular complexity index is 756. The summed E-state index contributed by atoms with van der Waals surface area (Å²) in [6.45, 7) is 8.04.